The minimum absolute atomic E-state index is 0.952. The molecule has 1 heterocycles. The van der Waals surface area contributed by atoms with E-state index in [0.717, 1.165) is 37.5 Å². The van der Waals surface area contributed by atoms with Crippen LogP contribution in [-0.4, -0.2) is 26.3 Å². The second kappa shape index (κ2) is 5.86. The van der Waals surface area contributed by atoms with E-state index in [-0.39, 0.29) is 0 Å². The van der Waals surface area contributed by atoms with Crippen molar-refractivity contribution in [1.82, 2.24) is 5.32 Å². The van der Waals surface area contributed by atoms with Gasteiger partial charge in [0.15, 0.2) is 0 Å². The van der Waals surface area contributed by atoms with Crippen molar-refractivity contribution in [3.8, 4) is 0 Å². The van der Waals surface area contributed by atoms with Gasteiger partial charge in [0, 0.05) is 13.2 Å². The Kier molecular flexibility index (Phi) is 4.45. The highest BCUT2D eigenvalue weighted by Gasteiger charge is 2.33. The lowest BCUT2D eigenvalue weighted by atomic mass is 9.79. The van der Waals surface area contributed by atoms with Crippen LogP contribution in [0.25, 0.3) is 0 Å². The van der Waals surface area contributed by atoms with Gasteiger partial charge in [-0.3, -0.25) is 0 Å². The average molecular weight is 211 g/mol. The Balaban J connectivity index is 1.82. The van der Waals surface area contributed by atoms with E-state index in [0.29, 0.717) is 0 Å². The second-order valence-electron chi connectivity index (χ2n) is 5.11. The molecule has 2 aliphatic rings. The molecule has 2 rings (SSSR count). The fourth-order valence-corrected chi connectivity index (χ4v) is 3.41. The number of ether oxygens (including phenoxy) is 1. The minimum Gasteiger partial charge on any atom is -0.381 e. The molecule has 0 bridgehead atoms. The van der Waals surface area contributed by atoms with Crippen LogP contribution < -0.4 is 5.32 Å². The monoisotopic (exact) mass is 211 g/mol. The van der Waals surface area contributed by atoms with E-state index < -0.39 is 0 Å². The zero-order chi connectivity index (χ0) is 10.5. The Hall–Kier alpha value is -0.0800. The standard InChI is InChI=1S/C13H25NO/c1-2-14-10-12-4-3-5-13(12)11-6-8-15-9-7-11/h11-14H,2-10H2,1H3. The third kappa shape index (κ3) is 2.94. The van der Waals surface area contributed by atoms with Crippen LogP contribution in [0.3, 0.4) is 0 Å². The average Bonchev–Trinajstić information content (AvgIpc) is 2.75. The first-order valence-corrected chi connectivity index (χ1v) is 6.70. The topological polar surface area (TPSA) is 21.3 Å². The molecule has 88 valence electrons. The normalized spacial score (nSPS) is 33.4. The summed E-state index contributed by atoms with van der Waals surface area (Å²) in [7, 11) is 0. The molecular formula is C13H25NO. The van der Waals surface area contributed by atoms with Crippen molar-refractivity contribution in [2.75, 3.05) is 26.3 Å². The summed E-state index contributed by atoms with van der Waals surface area (Å²) >= 11 is 0. The van der Waals surface area contributed by atoms with Gasteiger partial charge in [-0.1, -0.05) is 13.3 Å². The molecule has 0 aromatic heterocycles. The first kappa shape index (κ1) is 11.4. The summed E-state index contributed by atoms with van der Waals surface area (Å²) in [4.78, 5) is 0. The molecule has 2 nitrogen and oxygen atoms in total. The molecule has 1 saturated heterocycles. The van der Waals surface area contributed by atoms with Gasteiger partial charge in [0.05, 0.1) is 0 Å². The maximum atomic E-state index is 5.46. The predicted molar refractivity (Wildman–Crippen MR) is 62.9 cm³/mol. The van der Waals surface area contributed by atoms with Gasteiger partial charge in [-0.25, -0.2) is 0 Å². The minimum atomic E-state index is 0.952. The van der Waals surface area contributed by atoms with Crippen molar-refractivity contribution in [2.45, 2.75) is 39.0 Å². The third-order valence-electron chi connectivity index (χ3n) is 4.25. The maximum absolute atomic E-state index is 5.46. The van der Waals surface area contributed by atoms with Crippen molar-refractivity contribution in [3.05, 3.63) is 0 Å². The molecule has 1 aliphatic carbocycles. The van der Waals surface area contributed by atoms with E-state index in [1.165, 1.54) is 38.6 Å². The molecule has 2 atom stereocenters. The molecule has 2 fully saturated rings. The van der Waals surface area contributed by atoms with Gasteiger partial charge in [-0.2, -0.15) is 0 Å². The van der Waals surface area contributed by atoms with Gasteiger partial charge < -0.3 is 10.1 Å². The Morgan fingerprint density at radius 2 is 1.93 bits per heavy atom. The van der Waals surface area contributed by atoms with E-state index >= 15 is 0 Å². The molecule has 0 amide bonds. The van der Waals surface area contributed by atoms with Crippen LogP contribution in [0.4, 0.5) is 0 Å². The summed E-state index contributed by atoms with van der Waals surface area (Å²) in [6.45, 7) is 6.60. The van der Waals surface area contributed by atoms with Crippen molar-refractivity contribution in [1.29, 1.82) is 0 Å². The molecule has 15 heavy (non-hydrogen) atoms. The van der Waals surface area contributed by atoms with Gasteiger partial charge in [0.1, 0.15) is 0 Å². The quantitative estimate of drug-likeness (QED) is 0.771. The summed E-state index contributed by atoms with van der Waals surface area (Å²) in [5, 5.41) is 3.53. The van der Waals surface area contributed by atoms with Gasteiger partial charge in [0.2, 0.25) is 0 Å². The molecular weight excluding hydrogens is 186 g/mol. The first-order valence-electron chi connectivity index (χ1n) is 6.70. The zero-order valence-electron chi connectivity index (χ0n) is 10.0. The van der Waals surface area contributed by atoms with Gasteiger partial charge in [-0.15, -0.1) is 0 Å². The number of rotatable bonds is 4. The molecule has 0 spiro atoms. The number of hydrogen-bond acceptors (Lipinski definition) is 2. The van der Waals surface area contributed by atoms with Crippen molar-refractivity contribution >= 4 is 0 Å². The van der Waals surface area contributed by atoms with Crippen LogP contribution >= 0.6 is 0 Å². The lowest BCUT2D eigenvalue weighted by molar-refractivity contribution is 0.0391. The zero-order valence-corrected chi connectivity index (χ0v) is 10.0. The lowest BCUT2D eigenvalue weighted by Gasteiger charge is -2.31. The molecule has 2 heteroatoms. The second-order valence-corrected chi connectivity index (χ2v) is 5.11. The van der Waals surface area contributed by atoms with Crippen LogP contribution in [0.1, 0.15) is 39.0 Å². The fourth-order valence-electron chi connectivity index (χ4n) is 3.41. The van der Waals surface area contributed by atoms with E-state index in [1.807, 2.05) is 0 Å². The van der Waals surface area contributed by atoms with Crippen molar-refractivity contribution in [2.24, 2.45) is 17.8 Å². The van der Waals surface area contributed by atoms with Gasteiger partial charge in [0.25, 0.3) is 0 Å². The Morgan fingerprint density at radius 3 is 2.67 bits per heavy atom. The van der Waals surface area contributed by atoms with E-state index in [4.69, 9.17) is 4.74 Å². The number of hydrogen-bond donors (Lipinski definition) is 1. The van der Waals surface area contributed by atoms with Crippen LogP contribution in [0.15, 0.2) is 0 Å². The molecule has 1 saturated carbocycles. The Bertz CT molecular complexity index is 177. The molecule has 0 aromatic carbocycles. The molecule has 0 radical (unpaired) electrons. The van der Waals surface area contributed by atoms with Gasteiger partial charge >= 0.3 is 0 Å². The third-order valence-corrected chi connectivity index (χ3v) is 4.25. The largest absolute Gasteiger partial charge is 0.381 e. The Labute approximate surface area is 93.8 Å². The smallest absolute Gasteiger partial charge is 0.0468 e. The van der Waals surface area contributed by atoms with Crippen molar-refractivity contribution in [3.63, 3.8) is 0 Å². The highest BCUT2D eigenvalue weighted by molar-refractivity contribution is 4.85. The molecule has 2 unspecified atom stereocenters. The van der Waals surface area contributed by atoms with Crippen LogP contribution in [0, 0.1) is 17.8 Å². The SMILES string of the molecule is CCNCC1CCCC1C1CCOCC1. The molecule has 1 N–H and O–H groups in total. The highest BCUT2D eigenvalue weighted by Crippen LogP contribution is 2.40. The summed E-state index contributed by atoms with van der Waals surface area (Å²) in [5.41, 5.74) is 0. The fraction of sp³-hybridized carbons (Fsp3) is 1.00. The van der Waals surface area contributed by atoms with E-state index in [9.17, 15) is 0 Å². The summed E-state index contributed by atoms with van der Waals surface area (Å²) in [5.74, 6) is 2.91. The summed E-state index contributed by atoms with van der Waals surface area (Å²) in [6.07, 6.45) is 7.01. The summed E-state index contributed by atoms with van der Waals surface area (Å²) in [6, 6.07) is 0. The highest BCUT2D eigenvalue weighted by atomic mass is 16.5. The van der Waals surface area contributed by atoms with Crippen LogP contribution in [0.5, 0.6) is 0 Å². The lowest BCUT2D eigenvalue weighted by Crippen LogP contribution is -2.31. The first-order chi connectivity index (χ1) is 7.42. The summed E-state index contributed by atoms with van der Waals surface area (Å²) < 4.78 is 5.46. The predicted octanol–water partition coefficient (Wildman–Crippen LogP) is 2.44. The van der Waals surface area contributed by atoms with E-state index in [2.05, 4.69) is 12.2 Å². The molecule has 1 aliphatic heterocycles. The van der Waals surface area contributed by atoms with Crippen LogP contribution in [-0.2, 0) is 4.74 Å². The molecule has 0 aromatic rings. The van der Waals surface area contributed by atoms with Crippen LogP contribution in [0.2, 0.25) is 0 Å². The number of nitrogens with one attached hydrogen (secondary N) is 1. The van der Waals surface area contributed by atoms with E-state index in [1.54, 1.807) is 0 Å². The van der Waals surface area contributed by atoms with Crippen molar-refractivity contribution < 1.29 is 4.74 Å². The van der Waals surface area contributed by atoms with Gasteiger partial charge in [-0.05, 0) is 56.5 Å². The Morgan fingerprint density at radius 1 is 1.13 bits per heavy atom. The maximum Gasteiger partial charge on any atom is 0.0468 e.